The molecule has 118 valence electrons. The minimum Gasteiger partial charge on any atom is -0.354 e. The zero-order valence-electron chi connectivity index (χ0n) is 13.1. The predicted octanol–water partition coefficient (Wildman–Crippen LogP) is 2.46. The Kier molecular flexibility index (Phi) is 6.85. The molecule has 0 saturated carbocycles. The highest BCUT2D eigenvalue weighted by Gasteiger charge is 2.17. The lowest BCUT2D eigenvalue weighted by molar-refractivity contribution is 0.863. The van der Waals surface area contributed by atoms with Crippen molar-refractivity contribution in [2.45, 2.75) is 32.6 Å². The van der Waals surface area contributed by atoms with Gasteiger partial charge in [0.1, 0.15) is 0 Å². The van der Waals surface area contributed by atoms with Crippen LogP contribution in [0.25, 0.3) is 0 Å². The molecule has 2 N–H and O–H groups in total. The molecule has 1 fully saturated rings. The molecule has 1 aromatic rings. The first kappa shape index (κ1) is 16.1. The van der Waals surface area contributed by atoms with E-state index in [1.165, 1.54) is 12.8 Å². The summed E-state index contributed by atoms with van der Waals surface area (Å²) < 4.78 is 0. The van der Waals surface area contributed by atoms with E-state index < -0.39 is 0 Å². The zero-order valence-corrected chi connectivity index (χ0v) is 13.9. The number of nitrogens with zero attached hydrogens (tertiary/aromatic N) is 4. The van der Waals surface area contributed by atoms with Crippen LogP contribution in [0.5, 0.6) is 0 Å². The Morgan fingerprint density at radius 2 is 1.71 bits per heavy atom. The molecule has 1 saturated heterocycles. The average Bonchev–Trinajstić information content (AvgIpc) is 3.04. The van der Waals surface area contributed by atoms with Crippen LogP contribution in [0, 0.1) is 0 Å². The van der Waals surface area contributed by atoms with Gasteiger partial charge in [-0.15, -0.1) is 0 Å². The lowest BCUT2D eigenvalue weighted by Crippen LogP contribution is -2.22. The van der Waals surface area contributed by atoms with Crippen molar-refractivity contribution in [3.05, 3.63) is 0 Å². The number of nitrogens with one attached hydrogen (secondary N) is 2. The molecular weight excluding hydrogens is 284 g/mol. The van der Waals surface area contributed by atoms with Crippen molar-refractivity contribution in [2.75, 3.05) is 53.7 Å². The second-order valence-electron chi connectivity index (χ2n) is 5.18. The second kappa shape index (κ2) is 8.92. The highest BCUT2D eigenvalue weighted by atomic mass is 32.2. The summed E-state index contributed by atoms with van der Waals surface area (Å²) in [5, 5.41) is 6.59. The van der Waals surface area contributed by atoms with Gasteiger partial charge in [0.2, 0.25) is 17.8 Å². The van der Waals surface area contributed by atoms with Gasteiger partial charge in [0, 0.05) is 26.2 Å². The fourth-order valence-corrected chi connectivity index (χ4v) is 2.67. The quantitative estimate of drug-likeness (QED) is 0.679. The molecule has 0 aromatic carbocycles. The van der Waals surface area contributed by atoms with Crippen molar-refractivity contribution >= 4 is 29.6 Å². The van der Waals surface area contributed by atoms with Gasteiger partial charge in [-0.25, -0.2) is 0 Å². The van der Waals surface area contributed by atoms with E-state index in [1.807, 2.05) is 11.8 Å². The number of anilines is 3. The zero-order chi connectivity index (χ0) is 14.9. The van der Waals surface area contributed by atoms with Crippen LogP contribution in [0.1, 0.15) is 32.6 Å². The Balaban J connectivity index is 2.04. The summed E-state index contributed by atoms with van der Waals surface area (Å²) in [7, 11) is 0. The van der Waals surface area contributed by atoms with E-state index in [4.69, 9.17) is 0 Å². The number of hydrogen-bond acceptors (Lipinski definition) is 7. The van der Waals surface area contributed by atoms with Crippen molar-refractivity contribution in [2.24, 2.45) is 0 Å². The van der Waals surface area contributed by atoms with E-state index in [-0.39, 0.29) is 0 Å². The number of hydrogen-bond donors (Lipinski definition) is 2. The molecule has 1 aliphatic rings. The third-order valence-electron chi connectivity index (χ3n) is 3.35. The van der Waals surface area contributed by atoms with Gasteiger partial charge >= 0.3 is 0 Å². The molecule has 7 heteroatoms. The van der Waals surface area contributed by atoms with Crippen LogP contribution >= 0.6 is 11.8 Å². The number of rotatable bonds is 9. The largest absolute Gasteiger partial charge is 0.354 e. The van der Waals surface area contributed by atoms with Crippen LogP contribution in [0.4, 0.5) is 17.8 Å². The Labute approximate surface area is 131 Å². The highest BCUT2D eigenvalue weighted by Crippen LogP contribution is 2.18. The molecule has 1 aromatic heterocycles. The molecule has 0 radical (unpaired) electrons. The van der Waals surface area contributed by atoms with Gasteiger partial charge in [-0.3, -0.25) is 0 Å². The van der Waals surface area contributed by atoms with Crippen molar-refractivity contribution in [3.63, 3.8) is 0 Å². The van der Waals surface area contributed by atoms with Crippen LogP contribution in [0.15, 0.2) is 0 Å². The highest BCUT2D eigenvalue weighted by molar-refractivity contribution is 7.98. The minimum atomic E-state index is 0.682. The van der Waals surface area contributed by atoms with Gasteiger partial charge in [-0.2, -0.15) is 26.7 Å². The molecular formula is C14H26N6S. The molecule has 0 unspecified atom stereocenters. The van der Waals surface area contributed by atoms with Gasteiger partial charge < -0.3 is 15.5 Å². The lowest BCUT2D eigenvalue weighted by atomic mass is 10.4. The van der Waals surface area contributed by atoms with Crippen molar-refractivity contribution in [1.29, 1.82) is 0 Å². The topological polar surface area (TPSA) is 66.0 Å². The molecule has 0 amide bonds. The van der Waals surface area contributed by atoms with Crippen LogP contribution in [-0.2, 0) is 0 Å². The van der Waals surface area contributed by atoms with Crippen molar-refractivity contribution in [3.8, 4) is 0 Å². The SMILES string of the molecule is CCCNc1nc(NCCCSC)nc(N2CCCC2)n1. The Bertz CT molecular complexity index is 422. The second-order valence-corrected chi connectivity index (χ2v) is 6.16. The fourth-order valence-electron chi connectivity index (χ4n) is 2.23. The van der Waals surface area contributed by atoms with E-state index in [1.54, 1.807) is 0 Å². The van der Waals surface area contributed by atoms with Gasteiger partial charge in [-0.1, -0.05) is 6.92 Å². The lowest BCUT2D eigenvalue weighted by Gasteiger charge is -2.17. The molecule has 2 rings (SSSR count). The molecule has 2 heterocycles. The van der Waals surface area contributed by atoms with Gasteiger partial charge in [0.25, 0.3) is 0 Å². The summed E-state index contributed by atoms with van der Waals surface area (Å²) in [6.07, 6.45) is 6.74. The molecule has 1 aliphatic heterocycles. The Morgan fingerprint density at radius 1 is 1.05 bits per heavy atom. The summed E-state index contributed by atoms with van der Waals surface area (Å²) in [6, 6.07) is 0. The van der Waals surface area contributed by atoms with Crippen LogP contribution in [0.2, 0.25) is 0 Å². The molecule has 6 nitrogen and oxygen atoms in total. The monoisotopic (exact) mass is 310 g/mol. The Hall–Kier alpha value is -1.24. The first-order valence-corrected chi connectivity index (χ1v) is 9.20. The van der Waals surface area contributed by atoms with E-state index >= 15 is 0 Å². The number of thioether (sulfide) groups is 1. The van der Waals surface area contributed by atoms with Gasteiger partial charge in [-0.05, 0) is 37.7 Å². The van der Waals surface area contributed by atoms with Crippen LogP contribution < -0.4 is 15.5 Å². The average molecular weight is 310 g/mol. The minimum absolute atomic E-state index is 0.682. The maximum atomic E-state index is 4.57. The number of aromatic nitrogens is 3. The standard InChI is InChI=1S/C14H26N6S/c1-3-7-15-12-17-13(16-8-6-11-21-2)19-14(18-12)20-9-4-5-10-20/h3-11H2,1-2H3,(H2,15,16,17,18,19). The van der Waals surface area contributed by atoms with E-state index in [2.05, 4.69) is 43.7 Å². The van der Waals surface area contributed by atoms with E-state index in [0.717, 1.165) is 50.7 Å². The summed E-state index contributed by atoms with van der Waals surface area (Å²) >= 11 is 1.86. The van der Waals surface area contributed by atoms with Crippen LogP contribution in [0.3, 0.4) is 0 Å². The predicted molar refractivity (Wildman–Crippen MR) is 91.5 cm³/mol. The summed E-state index contributed by atoms with van der Waals surface area (Å²) in [6.45, 7) is 6.01. The van der Waals surface area contributed by atoms with E-state index in [9.17, 15) is 0 Å². The fraction of sp³-hybridized carbons (Fsp3) is 0.786. The molecule has 0 spiro atoms. The molecule has 21 heavy (non-hydrogen) atoms. The first-order valence-electron chi connectivity index (χ1n) is 7.81. The Morgan fingerprint density at radius 3 is 2.33 bits per heavy atom. The third-order valence-corrected chi connectivity index (χ3v) is 4.05. The van der Waals surface area contributed by atoms with Crippen molar-refractivity contribution < 1.29 is 0 Å². The van der Waals surface area contributed by atoms with Crippen LogP contribution in [-0.4, -0.2) is 53.1 Å². The maximum Gasteiger partial charge on any atom is 0.231 e. The van der Waals surface area contributed by atoms with E-state index in [0.29, 0.717) is 11.9 Å². The molecule has 0 bridgehead atoms. The third kappa shape index (κ3) is 5.22. The molecule has 0 atom stereocenters. The summed E-state index contributed by atoms with van der Waals surface area (Å²) in [5.74, 6) is 3.32. The normalized spacial score (nSPS) is 14.5. The van der Waals surface area contributed by atoms with Crippen molar-refractivity contribution in [1.82, 2.24) is 15.0 Å². The maximum absolute atomic E-state index is 4.57. The summed E-state index contributed by atoms with van der Waals surface area (Å²) in [5.41, 5.74) is 0. The van der Waals surface area contributed by atoms with Gasteiger partial charge in [0.05, 0.1) is 0 Å². The smallest absolute Gasteiger partial charge is 0.231 e. The first-order chi connectivity index (χ1) is 10.3. The summed E-state index contributed by atoms with van der Waals surface area (Å²) in [4.78, 5) is 15.8. The van der Waals surface area contributed by atoms with Gasteiger partial charge in [0.15, 0.2) is 0 Å². The molecule has 0 aliphatic carbocycles.